The molecule has 0 spiro atoms. The van der Waals surface area contributed by atoms with Gasteiger partial charge < -0.3 is 9.47 Å². The van der Waals surface area contributed by atoms with Gasteiger partial charge in [0.05, 0.1) is 17.8 Å². The molecule has 2 aromatic heterocycles. The van der Waals surface area contributed by atoms with Crippen molar-refractivity contribution >= 4 is 11.5 Å². The molecule has 26 heavy (non-hydrogen) atoms. The molecule has 0 unspecified atom stereocenters. The SMILES string of the molecule is CCOC(=O)c1c(C)nn2c(OCc3cccc(F)c3F)cc(C)cc12. The van der Waals surface area contributed by atoms with Crippen LogP contribution < -0.4 is 4.74 Å². The number of ether oxygens (including phenoxy) is 2. The minimum Gasteiger partial charge on any atom is -0.473 e. The summed E-state index contributed by atoms with van der Waals surface area (Å²) in [6.45, 7) is 5.35. The van der Waals surface area contributed by atoms with Crippen molar-refractivity contribution in [1.82, 2.24) is 9.61 Å². The average Bonchev–Trinajstić information content (AvgIpc) is 2.92. The van der Waals surface area contributed by atoms with Crippen LogP contribution in [0.15, 0.2) is 30.3 Å². The van der Waals surface area contributed by atoms with Crippen molar-refractivity contribution in [3.05, 3.63) is 64.4 Å². The minimum atomic E-state index is -0.944. The lowest BCUT2D eigenvalue weighted by Crippen LogP contribution is -2.06. The van der Waals surface area contributed by atoms with E-state index in [9.17, 15) is 13.6 Å². The Labute approximate surface area is 149 Å². The van der Waals surface area contributed by atoms with Gasteiger partial charge in [-0.3, -0.25) is 0 Å². The molecular weight excluding hydrogens is 342 g/mol. The molecule has 0 aliphatic carbocycles. The second kappa shape index (κ2) is 7.11. The van der Waals surface area contributed by atoms with Gasteiger partial charge in [0.15, 0.2) is 11.6 Å². The van der Waals surface area contributed by atoms with Crippen molar-refractivity contribution in [2.24, 2.45) is 0 Å². The average molecular weight is 360 g/mol. The molecule has 0 aliphatic rings. The van der Waals surface area contributed by atoms with Crippen molar-refractivity contribution in [2.75, 3.05) is 6.61 Å². The van der Waals surface area contributed by atoms with Gasteiger partial charge in [-0.2, -0.15) is 9.61 Å². The molecule has 2 heterocycles. The Morgan fingerprint density at radius 2 is 2.00 bits per heavy atom. The van der Waals surface area contributed by atoms with Crippen molar-refractivity contribution in [3.63, 3.8) is 0 Å². The Kier molecular flexibility index (Phi) is 4.88. The van der Waals surface area contributed by atoms with Crippen LogP contribution in [0, 0.1) is 25.5 Å². The van der Waals surface area contributed by atoms with Crippen LogP contribution >= 0.6 is 0 Å². The summed E-state index contributed by atoms with van der Waals surface area (Å²) < 4.78 is 39.4. The van der Waals surface area contributed by atoms with Crippen molar-refractivity contribution in [1.29, 1.82) is 0 Å². The molecule has 5 nitrogen and oxygen atoms in total. The molecule has 1 aromatic carbocycles. The monoisotopic (exact) mass is 360 g/mol. The minimum absolute atomic E-state index is 0.0918. The van der Waals surface area contributed by atoms with Gasteiger partial charge in [-0.25, -0.2) is 13.6 Å². The van der Waals surface area contributed by atoms with Gasteiger partial charge >= 0.3 is 5.97 Å². The molecular formula is C19H18F2N2O3. The number of nitrogens with zero attached hydrogens (tertiary/aromatic N) is 2. The molecule has 136 valence electrons. The smallest absolute Gasteiger partial charge is 0.342 e. The number of halogens is 2. The van der Waals surface area contributed by atoms with E-state index in [0.717, 1.165) is 11.6 Å². The topological polar surface area (TPSA) is 52.8 Å². The van der Waals surface area contributed by atoms with Gasteiger partial charge in [-0.15, -0.1) is 0 Å². The second-order valence-corrected chi connectivity index (χ2v) is 5.85. The largest absolute Gasteiger partial charge is 0.473 e. The lowest BCUT2D eigenvalue weighted by molar-refractivity contribution is 0.0528. The summed E-state index contributed by atoms with van der Waals surface area (Å²) in [6, 6.07) is 7.42. The van der Waals surface area contributed by atoms with E-state index in [-0.39, 0.29) is 18.8 Å². The summed E-state index contributed by atoms with van der Waals surface area (Å²) in [5.74, 6) is -2.02. The Hall–Kier alpha value is -2.96. The molecule has 0 saturated carbocycles. The third-order valence-corrected chi connectivity index (χ3v) is 3.91. The van der Waals surface area contributed by atoms with Crippen LogP contribution in [0.5, 0.6) is 5.88 Å². The lowest BCUT2D eigenvalue weighted by Gasteiger charge is -2.10. The molecule has 3 rings (SSSR count). The number of pyridine rings is 1. The highest BCUT2D eigenvalue weighted by Gasteiger charge is 2.21. The Morgan fingerprint density at radius 3 is 2.73 bits per heavy atom. The summed E-state index contributed by atoms with van der Waals surface area (Å²) in [5, 5.41) is 4.33. The van der Waals surface area contributed by atoms with Gasteiger partial charge in [-0.05, 0) is 38.5 Å². The predicted molar refractivity (Wildman–Crippen MR) is 91.3 cm³/mol. The van der Waals surface area contributed by atoms with Crippen LogP contribution in [-0.2, 0) is 11.3 Å². The number of fused-ring (bicyclic) bond motifs is 1. The van der Waals surface area contributed by atoms with Crippen LogP contribution in [0.2, 0.25) is 0 Å². The first kappa shape index (κ1) is 17.8. The van der Waals surface area contributed by atoms with Crippen LogP contribution in [-0.4, -0.2) is 22.2 Å². The molecule has 7 heteroatoms. The van der Waals surface area contributed by atoms with E-state index >= 15 is 0 Å². The number of carbonyl (C=O) groups is 1. The number of esters is 1. The Bertz CT molecular complexity index is 983. The zero-order chi connectivity index (χ0) is 18.8. The normalized spacial score (nSPS) is 11.0. The molecule has 3 aromatic rings. The molecule has 0 amide bonds. The van der Waals surface area contributed by atoms with Gasteiger partial charge in [0.25, 0.3) is 0 Å². The first-order valence-electron chi connectivity index (χ1n) is 8.15. The molecule has 0 radical (unpaired) electrons. The van der Waals surface area contributed by atoms with Crippen LogP contribution in [0.4, 0.5) is 8.78 Å². The zero-order valence-corrected chi connectivity index (χ0v) is 14.7. The van der Waals surface area contributed by atoms with Crippen LogP contribution in [0.1, 0.15) is 34.1 Å². The Balaban J connectivity index is 2.00. The maximum atomic E-state index is 13.8. The standard InChI is InChI=1S/C19H18F2N2O3/c1-4-25-19(24)17-12(3)22-23-15(17)8-11(2)9-16(23)26-10-13-6-5-7-14(20)18(13)21/h5-9H,4,10H2,1-3H3. The molecule has 0 bridgehead atoms. The molecule has 0 fully saturated rings. The quantitative estimate of drug-likeness (QED) is 0.646. The molecule has 0 aliphatic heterocycles. The fraction of sp³-hybridized carbons (Fsp3) is 0.263. The van der Waals surface area contributed by atoms with Gasteiger partial charge in [-0.1, -0.05) is 12.1 Å². The molecule has 0 N–H and O–H groups in total. The van der Waals surface area contributed by atoms with E-state index < -0.39 is 17.6 Å². The third-order valence-electron chi connectivity index (χ3n) is 3.91. The van der Waals surface area contributed by atoms with Crippen LogP contribution in [0.25, 0.3) is 5.52 Å². The maximum absolute atomic E-state index is 13.8. The van der Waals surface area contributed by atoms with E-state index in [4.69, 9.17) is 9.47 Å². The second-order valence-electron chi connectivity index (χ2n) is 5.85. The van der Waals surface area contributed by atoms with Gasteiger partial charge in [0.1, 0.15) is 12.2 Å². The fourth-order valence-corrected chi connectivity index (χ4v) is 2.73. The highest BCUT2D eigenvalue weighted by atomic mass is 19.2. The highest BCUT2D eigenvalue weighted by molar-refractivity contribution is 5.98. The van der Waals surface area contributed by atoms with E-state index in [1.807, 2.05) is 6.92 Å². The van der Waals surface area contributed by atoms with Gasteiger partial charge in [0, 0.05) is 11.6 Å². The number of benzene rings is 1. The summed E-state index contributed by atoms with van der Waals surface area (Å²) >= 11 is 0. The third kappa shape index (κ3) is 3.24. The predicted octanol–water partition coefficient (Wildman–Crippen LogP) is 3.99. The summed E-state index contributed by atoms with van der Waals surface area (Å²) in [6.07, 6.45) is 0. The number of aryl methyl sites for hydroxylation is 2. The van der Waals surface area contributed by atoms with E-state index in [1.54, 1.807) is 26.0 Å². The summed E-state index contributed by atoms with van der Waals surface area (Å²) in [5.41, 5.74) is 2.32. The highest BCUT2D eigenvalue weighted by Crippen LogP contribution is 2.25. The van der Waals surface area contributed by atoms with Crippen molar-refractivity contribution in [3.8, 4) is 5.88 Å². The number of rotatable bonds is 5. The number of aromatic nitrogens is 2. The zero-order valence-electron chi connectivity index (χ0n) is 14.7. The van der Waals surface area contributed by atoms with Gasteiger partial charge in [0.2, 0.25) is 5.88 Å². The molecule has 0 saturated heterocycles. The summed E-state index contributed by atoms with van der Waals surface area (Å²) in [7, 11) is 0. The van der Waals surface area contributed by atoms with E-state index in [0.29, 0.717) is 22.7 Å². The maximum Gasteiger partial charge on any atom is 0.342 e. The fourth-order valence-electron chi connectivity index (χ4n) is 2.73. The van der Waals surface area contributed by atoms with Crippen LogP contribution in [0.3, 0.4) is 0 Å². The van der Waals surface area contributed by atoms with E-state index in [1.165, 1.54) is 16.6 Å². The first-order valence-corrected chi connectivity index (χ1v) is 8.15. The number of hydrogen-bond acceptors (Lipinski definition) is 4. The number of hydrogen-bond donors (Lipinski definition) is 0. The lowest BCUT2D eigenvalue weighted by atomic mass is 10.1. The summed E-state index contributed by atoms with van der Waals surface area (Å²) in [4.78, 5) is 12.2. The van der Waals surface area contributed by atoms with Crippen molar-refractivity contribution < 1.29 is 23.0 Å². The van der Waals surface area contributed by atoms with E-state index in [2.05, 4.69) is 5.10 Å². The Morgan fingerprint density at radius 1 is 1.23 bits per heavy atom. The van der Waals surface area contributed by atoms with Crippen molar-refractivity contribution in [2.45, 2.75) is 27.4 Å². The molecule has 0 atom stereocenters. The first-order chi connectivity index (χ1) is 12.4. The number of carbonyl (C=O) groups excluding carboxylic acids is 1.